The van der Waals surface area contributed by atoms with E-state index in [0.29, 0.717) is 18.0 Å². The maximum atomic E-state index is 4.18. The van der Waals surface area contributed by atoms with Crippen LogP contribution in [0.4, 0.5) is 5.69 Å². The molecule has 2 unspecified atom stereocenters. The highest BCUT2D eigenvalue weighted by atomic mass is 15.2. The average Bonchev–Trinajstić information content (AvgIpc) is 2.56. The van der Waals surface area contributed by atoms with Crippen molar-refractivity contribution in [2.75, 3.05) is 18.0 Å². The van der Waals surface area contributed by atoms with Gasteiger partial charge in [0, 0.05) is 25.2 Å². The highest BCUT2D eigenvalue weighted by Gasteiger charge is 2.30. The van der Waals surface area contributed by atoms with Crippen LogP contribution in [-0.2, 0) is 0 Å². The van der Waals surface area contributed by atoms with E-state index in [1.165, 1.54) is 5.56 Å². The number of nitrogens with one attached hydrogen (secondary N) is 1. The molecule has 1 aromatic heterocycles. The highest BCUT2D eigenvalue weighted by Crippen LogP contribution is 2.27. The Bertz CT molecular complexity index is 556. The molecule has 0 bridgehead atoms. The van der Waals surface area contributed by atoms with Gasteiger partial charge in [0.15, 0.2) is 0 Å². The third-order valence-corrected chi connectivity index (χ3v) is 4.20. The minimum absolute atomic E-state index is 0.349. The zero-order chi connectivity index (χ0) is 14.7. The summed E-state index contributed by atoms with van der Waals surface area (Å²) < 4.78 is 0. The second-order valence-corrected chi connectivity index (χ2v) is 5.93. The molecule has 110 valence electrons. The van der Waals surface area contributed by atoms with E-state index < -0.39 is 0 Å². The lowest BCUT2D eigenvalue weighted by Crippen LogP contribution is -2.55. The summed E-state index contributed by atoms with van der Waals surface area (Å²) in [6.07, 6.45) is 5.41. The van der Waals surface area contributed by atoms with Crippen LogP contribution in [0.15, 0.2) is 49.1 Å². The third-order valence-electron chi connectivity index (χ3n) is 4.20. The molecule has 1 saturated heterocycles. The van der Waals surface area contributed by atoms with E-state index in [2.05, 4.69) is 64.4 Å². The zero-order valence-corrected chi connectivity index (χ0v) is 12.6. The first-order chi connectivity index (χ1) is 10.3. The van der Waals surface area contributed by atoms with Crippen LogP contribution in [0.5, 0.6) is 0 Å². The van der Waals surface area contributed by atoms with Crippen LogP contribution >= 0.6 is 0 Å². The van der Waals surface area contributed by atoms with Crippen LogP contribution in [0.1, 0.15) is 25.5 Å². The predicted octanol–water partition coefficient (Wildman–Crippen LogP) is 2.65. The number of hydrogen-bond donors (Lipinski definition) is 1. The van der Waals surface area contributed by atoms with E-state index >= 15 is 0 Å². The molecule has 0 amide bonds. The van der Waals surface area contributed by atoms with Crippen LogP contribution in [0.3, 0.4) is 0 Å². The maximum absolute atomic E-state index is 4.18. The minimum atomic E-state index is 0.349. The summed E-state index contributed by atoms with van der Waals surface area (Å²) in [6.45, 7) is 6.46. The fraction of sp³-hybridized carbons (Fsp3) is 0.412. The SMILES string of the molecule is CC(C)C1CNC(c2ccccc2)CN1c1cncnc1. The van der Waals surface area contributed by atoms with Crippen molar-refractivity contribution in [3.63, 3.8) is 0 Å². The van der Waals surface area contributed by atoms with E-state index in [4.69, 9.17) is 0 Å². The van der Waals surface area contributed by atoms with Gasteiger partial charge in [-0.05, 0) is 11.5 Å². The van der Waals surface area contributed by atoms with Crippen LogP contribution in [-0.4, -0.2) is 29.1 Å². The number of anilines is 1. The molecule has 2 atom stereocenters. The van der Waals surface area contributed by atoms with Gasteiger partial charge in [-0.15, -0.1) is 0 Å². The second kappa shape index (κ2) is 6.22. The summed E-state index contributed by atoms with van der Waals surface area (Å²) in [6, 6.07) is 11.5. The first-order valence-electron chi connectivity index (χ1n) is 7.55. The molecular weight excluding hydrogens is 260 g/mol. The predicted molar refractivity (Wildman–Crippen MR) is 85.2 cm³/mol. The second-order valence-electron chi connectivity index (χ2n) is 5.93. The molecule has 21 heavy (non-hydrogen) atoms. The summed E-state index contributed by atoms with van der Waals surface area (Å²) in [5, 5.41) is 3.68. The lowest BCUT2D eigenvalue weighted by Gasteiger charge is -2.43. The normalized spacial score (nSPS) is 22.5. The number of benzene rings is 1. The maximum Gasteiger partial charge on any atom is 0.115 e. The molecule has 2 aromatic rings. The standard InChI is InChI=1S/C17H22N4/c1-13(2)17-10-20-16(14-6-4-3-5-7-14)11-21(17)15-8-18-12-19-9-15/h3-9,12-13,16-17,20H,10-11H2,1-2H3. The number of piperazine rings is 1. The topological polar surface area (TPSA) is 41.0 Å². The average molecular weight is 282 g/mol. The Morgan fingerprint density at radius 2 is 1.86 bits per heavy atom. The van der Waals surface area contributed by atoms with Crippen LogP contribution in [0.25, 0.3) is 0 Å². The zero-order valence-electron chi connectivity index (χ0n) is 12.6. The fourth-order valence-corrected chi connectivity index (χ4v) is 3.01. The summed E-state index contributed by atoms with van der Waals surface area (Å²) in [5.74, 6) is 0.578. The molecular formula is C17H22N4. The van der Waals surface area contributed by atoms with Crippen molar-refractivity contribution in [3.05, 3.63) is 54.6 Å². The Kier molecular flexibility index (Phi) is 4.15. The minimum Gasteiger partial charge on any atom is -0.363 e. The molecule has 1 aliphatic heterocycles. The Hall–Kier alpha value is -1.94. The van der Waals surface area contributed by atoms with Crippen molar-refractivity contribution < 1.29 is 0 Å². The van der Waals surface area contributed by atoms with Gasteiger partial charge in [-0.1, -0.05) is 44.2 Å². The van der Waals surface area contributed by atoms with E-state index in [1.807, 2.05) is 12.4 Å². The van der Waals surface area contributed by atoms with E-state index in [9.17, 15) is 0 Å². The van der Waals surface area contributed by atoms with Gasteiger partial charge < -0.3 is 10.2 Å². The van der Waals surface area contributed by atoms with Gasteiger partial charge in [0.2, 0.25) is 0 Å². The number of rotatable bonds is 3. The van der Waals surface area contributed by atoms with Gasteiger partial charge >= 0.3 is 0 Å². The van der Waals surface area contributed by atoms with Crippen molar-refractivity contribution in [2.24, 2.45) is 5.92 Å². The molecule has 1 aliphatic rings. The van der Waals surface area contributed by atoms with Gasteiger partial charge in [0.25, 0.3) is 0 Å². The lowest BCUT2D eigenvalue weighted by molar-refractivity contribution is 0.341. The Labute approximate surface area is 126 Å². The van der Waals surface area contributed by atoms with Gasteiger partial charge in [-0.3, -0.25) is 0 Å². The molecule has 1 fully saturated rings. The van der Waals surface area contributed by atoms with Gasteiger partial charge in [-0.25, -0.2) is 9.97 Å². The van der Waals surface area contributed by atoms with Crippen molar-refractivity contribution in [1.82, 2.24) is 15.3 Å². The molecule has 1 N–H and O–H groups in total. The number of nitrogens with zero attached hydrogens (tertiary/aromatic N) is 3. The largest absolute Gasteiger partial charge is 0.363 e. The molecule has 0 spiro atoms. The Balaban J connectivity index is 1.86. The van der Waals surface area contributed by atoms with Crippen molar-refractivity contribution >= 4 is 5.69 Å². The van der Waals surface area contributed by atoms with Crippen LogP contribution in [0, 0.1) is 5.92 Å². The molecule has 0 saturated carbocycles. The van der Waals surface area contributed by atoms with Gasteiger partial charge in [0.1, 0.15) is 6.33 Å². The molecule has 4 nitrogen and oxygen atoms in total. The first kappa shape index (κ1) is 14.0. The third kappa shape index (κ3) is 3.05. The van der Waals surface area contributed by atoms with E-state index in [0.717, 1.165) is 18.8 Å². The monoisotopic (exact) mass is 282 g/mol. The smallest absolute Gasteiger partial charge is 0.115 e. The quantitative estimate of drug-likeness (QED) is 0.939. The van der Waals surface area contributed by atoms with Gasteiger partial charge in [-0.2, -0.15) is 0 Å². The summed E-state index contributed by atoms with van der Waals surface area (Å²) in [4.78, 5) is 10.8. The highest BCUT2D eigenvalue weighted by molar-refractivity contribution is 5.45. The van der Waals surface area contributed by atoms with Crippen molar-refractivity contribution in [2.45, 2.75) is 25.9 Å². The molecule has 2 heterocycles. The van der Waals surface area contributed by atoms with Crippen LogP contribution in [0.2, 0.25) is 0 Å². The van der Waals surface area contributed by atoms with Crippen molar-refractivity contribution in [1.29, 1.82) is 0 Å². The van der Waals surface area contributed by atoms with Gasteiger partial charge in [0.05, 0.1) is 18.1 Å². The molecule has 0 aliphatic carbocycles. The Morgan fingerprint density at radius 1 is 1.14 bits per heavy atom. The van der Waals surface area contributed by atoms with E-state index in [-0.39, 0.29) is 0 Å². The molecule has 3 rings (SSSR count). The summed E-state index contributed by atoms with van der Waals surface area (Å²) in [5.41, 5.74) is 2.44. The van der Waals surface area contributed by atoms with Crippen molar-refractivity contribution in [3.8, 4) is 0 Å². The Morgan fingerprint density at radius 3 is 2.52 bits per heavy atom. The lowest BCUT2D eigenvalue weighted by atomic mass is 9.95. The molecule has 4 heteroatoms. The summed E-state index contributed by atoms with van der Waals surface area (Å²) >= 11 is 0. The first-order valence-corrected chi connectivity index (χ1v) is 7.55. The molecule has 1 aromatic carbocycles. The summed E-state index contributed by atoms with van der Waals surface area (Å²) in [7, 11) is 0. The molecule has 0 radical (unpaired) electrons. The van der Waals surface area contributed by atoms with Crippen LogP contribution < -0.4 is 10.2 Å². The number of hydrogen-bond acceptors (Lipinski definition) is 4. The van der Waals surface area contributed by atoms with E-state index in [1.54, 1.807) is 6.33 Å². The number of aromatic nitrogens is 2. The fourth-order valence-electron chi connectivity index (χ4n) is 3.01.